The summed E-state index contributed by atoms with van der Waals surface area (Å²) in [5, 5.41) is 36.8. The number of hydrogen-bond donors (Lipinski definition) is 5. The number of rotatable bonds is 10. The molecule has 0 bridgehead atoms. The van der Waals surface area contributed by atoms with Crippen molar-refractivity contribution < 1.29 is 43.7 Å². The molecule has 5 atom stereocenters. The maximum absolute atomic E-state index is 11.2. The predicted molar refractivity (Wildman–Crippen MR) is 62.0 cm³/mol. The molecule has 1 unspecified atom stereocenters. The minimum Gasteiger partial charge on any atom is -0.388 e. The molecule has 10 heteroatoms. The van der Waals surface area contributed by atoms with Crippen LogP contribution in [0, 0.1) is 0 Å². The average molecular weight is 300 g/mol. The van der Waals surface area contributed by atoms with Gasteiger partial charge >= 0.3 is 7.82 Å². The Morgan fingerprint density at radius 3 is 2.21 bits per heavy atom. The smallest absolute Gasteiger partial charge is 0.388 e. The third-order valence-electron chi connectivity index (χ3n) is 2.00. The number of carbonyl (C=O) groups is 1. The van der Waals surface area contributed by atoms with Gasteiger partial charge in [0.15, 0.2) is 6.29 Å². The third-order valence-corrected chi connectivity index (χ3v) is 2.95. The zero-order chi connectivity index (χ0) is 15.1. The van der Waals surface area contributed by atoms with Crippen LogP contribution in [0.1, 0.15) is 0 Å². The van der Waals surface area contributed by atoms with Crippen LogP contribution in [0.5, 0.6) is 0 Å². The summed E-state index contributed by atoms with van der Waals surface area (Å²) < 4.78 is 19.8. The van der Waals surface area contributed by atoms with E-state index in [1.165, 1.54) is 6.08 Å². The number of phosphoric ester groups is 1. The fourth-order valence-corrected chi connectivity index (χ4v) is 1.67. The largest absolute Gasteiger partial charge is 0.472 e. The van der Waals surface area contributed by atoms with Gasteiger partial charge in [0, 0.05) is 0 Å². The van der Waals surface area contributed by atoms with E-state index in [0.717, 1.165) is 0 Å². The van der Waals surface area contributed by atoms with Gasteiger partial charge in [0.1, 0.15) is 24.4 Å². The molecule has 0 aliphatic carbocycles. The first-order valence-corrected chi connectivity index (χ1v) is 6.65. The first-order chi connectivity index (χ1) is 8.75. The molecule has 19 heavy (non-hydrogen) atoms. The molecule has 5 N–H and O–H groups in total. The lowest BCUT2D eigenvalue weighted by molar-refractivity contribution is -0.136. The average Bonchev–Trinajstić information content (AvgIpc) is 2.40. The molecule has 112 valence electrons. The van der Waals surface area contributed by atoms with E-state index in [2.05, 4.69) is 15.6 Å². The van der Waals surface area contributed by atoms with E-state index >= 15 is 0 Å². The molecule has 0 rings (SSSR count). The lowest BCUT2D eigenvalue weighted by Gasteiger charge is -2.24. The fourth-order valence-electron chi connectivity index (χ4n) is 0.963. The molecule has 0 saturated heterocycles. The zero-order valence-electron chi connectivity index (χ0n) is 9.90. The van der Waals surface area contributed by atoms with E-state index in [4.69, 9.17) is 10.00 Å². The molecule has 0 radical (unpaired) electrons. The lowest BCUT2D eigenvalue weighted by atomic mass is 10.0. The third kappa shape index (κ3) is 6.90. The van der Waals surface area contributed by atoms with Crippen molar-refractivity contribution in [3.05, 3.63) is 12.7 Å². The van der Waals surface area contributed by atoms with Gasteiger partial charge in [0.05, 0.1) is 13.2 Å². The predicted octanol–water partition coefficient (Wildman–Crippen LogP) is -2.05. The maximum atomic E-state index is 11.2. The van der Waals surface area contributed by atoms with Crippen LogP contribution in [0.2, 0.25) is 0 Å². The second-order valence-electron chi connectivity index (χ2n) is 3.52. The van der Waals surface area contributed by atoms with E-state index < -0.39 is 38.8 Å². The molecular formula is C9H17O9P. The second kappa shape index (κ2) is 8.51. The minimum absolute atomic E-state index is 0.0361. The van der Waals surface area contributed by atoms with Gasteiger partial charge in [0.2, 0.25) is 0 Å². The first-order valence-electron chi connectivity index (χ1n) is 5.15. The Labute approximate surface area is 109 Å². The van der Waals surface area contributed by atoms with Crippen LogP contribution in [0.15, 0.2) is 12.7 Å². The van der Waals surface area contributed by atoms with E-state index in [1.807, 2.05) is 0 Å². The Hall–Kier alpha value is -0.640. The number of hydrogen-bond acceptors (Lipinski definition) is 8. The first kappa shape index (κ1) is 18.4. The Balaban J connectivity index is 4.29. The Bertz CT molecular complexity index is 334. The topological polar surface area (TPSA) is 154 Å². The van der Waals surface area contributed by atoms with Gasteiger partial charge in [-0.1, -0.05) is 6.08 Å². The molecule has 9 nitrogen and oxygen atoms in total. The summed E-state index contributed by atoms with van der Waals surface area (Å²) >= 11 is 0. The van der Waals surface area contributed by atoms with Crippen molar-refractivity contribution in [2.75, 3.05) is 13.2 Å². The molecule has 0 amide bonds. The Kier molecular flexibility index (Phi) is 8.23. The minimum atomic E-state index is -4.42. The second-order valence-corrected chi connectivity index (χ2v) is 4.98. The van der Waals surface area contributed by atoms with Crippen molar-refractivity contribution in [3.8, 4) is 0 Å². The van der Waals surface area contributed by atoms with Crippen LogP contribution >= 0.6 is 7.82 Å². The molecule has 0 aliphatic heterocycles. The summed E-state index contributed by atoms with van der Waals surface area (Å²) in [6.07, 6.45) is -6.45. The van der Waals surface area contributed by atoms with Gasteiger partial charge in [-0.25, -0.2) is 4.57 Å². The fraction of sp³-hybridized carbons (Fsp3) is 0.667. The van der Waals surface area contributed by atoms with E-state index in [0.29, 0.717) is 0 Å². The number of aliphatic hydroxyl groups excluding tert-OH is 4. The number of aliphatic hydroxyl groups is 4. The van der Waals surface area contributed by atoms with Crippen LogP contribution in [0.3, 0.4) is 0 Å². The van der Waals surface area contributed by atoms with Crippen LogP contribution in [-0.2, 0) is 18.4 Å². The van der Waals surface area contributed by atoms with Crippen molar-refractivity contribution >= 4 is 14.1 Å². The molecular weight excluding hydrogens is 283 g/mol. The molecule has 0 saturated carbocycles. The molecule has 0 aromatic rings. The summed E-state index contributed by atoms with van der Waals surface area (Å²) in [6.45, 7) is 2.13. The standard InChI is InChI=1S/C9H17O9P/c1-2-3-17-19(15,16)18-5-7(12)9(14)8(13)6(11)4-10/h2,4,6-9,11-14H,1,3,5H2,(H,15,16)/t6-,7+,8+,9+/m0/s1. The molecule has 0 fully saturated rings. The normalized spacial score (nSPS) is 20.9. The van der Waals surface area contributed by atoms with Gasteiger partial charge in [0.25, 0.3) is 0 Å². The Morgan fingerprint density at radius 2 is 1.74 bits per heavy atom. The summed E-state index contributed by atoms with van der Waals surface area (Å²) in [5.41, 5.74) is 0. The summed E-state index contributed by atoms with van der Waals surface area (Å²) in [4.78, 5) is 19.2. The molecule has 0 aliphatic rings. The van der Waals surface area contributed by atoms with Gasteiger partial charge in [-0.2, -0.15) is 0 Å². The molecule has 0 heterocycles. The van der Waals surface area contributed by atoms with Crippen LogP contribution in [0.4, 0.5) is 0 Å². The van der Waals surface area contributed by atoms with Crippen LogP contribution < -0.4 is 0 Å². The van der Waals surface area contributed by atoms with Crippen molar-refractivity contribution in [3.63, 3.8) is 0 Å². The highest BCUT2D eigenvalue weighted by atomic mass is 31.2. The Morgan fingerprint density at radius 1 is 1.16 bits per heavy atom. The van der Waals surface area contributed by atoms with Gasteiger partial charge in [-0.05, 0) is 0 Å². The molecule has 0 aromatic heterocycles. The summed E-state index contributed by atoms with van der Waals surface area (Å²) in [5.74, 6) is 0. The molecule has 0 aromatic carbocycles. The lowest BCUT2D eigenvalue weighted by Crippen LogP contribution is -2.46. The van der Waals surface area contributed by atoms with E-state index in [-0.39, 0.29) is 12.9 Å². The number of aldehydes is 1. The molecule has 0 spiro atoms. The summed E-state index contributed by atoms with van der Waals surface area (Å²) in [6, 6.07) is 0. The van der Waals surface area contributed by atoms with E-state index in [1.54, 1.807) is 0 Å². The monoisotopic (exact) mass is 300 g/mol. The summed E-state index contributed by atoms with van der Waals surface area (Å²) in [7, 11) is -4.42. The van der Waals surface area contributed by atoms with Gasteiger partial charge in [-0.3, -0.25) is 9.05 Å². The van der Waals surface area contributed by atoms with Gasteiger partial charge < -0.3 is 30.1 Å². The van der Waals surface area contributed by atoms with E-state index in [9.17, 15) is 24.7 Å². The highest BCUT2D eigenvalue weighted by molar-refractivity contribution is 7.47. The van der Waals surface area contributed by atoms with Gasteiger partial charge in [-0.15, -0.1) is 6.58 Å². The van der Waals surface area contributed by atoms with Crippen molar-refractivity contribution in [2.45, 2.75) is 24.4 Å². The zero-order valence-corrected chi connectivity index (χ0v) is 10.8. The number of phosphoric acid groups is 1. The van der Waals surface area contributed by atoms with Crippen LogP contribution in [-0.4, -0.2) is 69.2 Å². The maximum Gasteiger partial charge on any atom is 0.472 e. The SMILES string of the molecule is C=CCOP(=O)(O)OC[C@@H](O)[C@@H](O)[C@H](O)[C@@H](O)C=O. The highest BCUT2D eigenvalue weighted by Crippen LogP contribution is 2.43. The highest BCUT2D eigenvalue weighted by Gasteiger charge is 2.32. The van der Waals surface area contributed by atoms with Crippen molar-refractivity contribution in [2.24, 2.45) is 0 Å². The van der Waals surface area contributed by atoms with Crippen LogP contribution in [0.25, 0.3) is 0 Å². The number of carbonyl (C=O) groups excluding carboxylic acids is 1. The van der Waals surface area contributed by atoms with Crippen molar-refractivity contribution in [1.82, 2.24) is 0 Å². The quantitative estimate of drug-likeness (QED) is 0.174. The van der Waals surface area contributed by atoms with Crippen molar-refractivity contribution in [1.29, 1.82) is 0 Å².